The Hall–Kier alpha value is -1.79. The second-order valence-corrected chi connectivity index (χ2v) is 16.5. The number of rotatable bonds is 9. The first kappa shape index (κ1) is 28.8. The van der Waals surface area contributed by atoms with Gasteiger partial charge in [0.25, 0.3) is 5.91 Å². The first-order valence-electron chi connectivity index (χ1n) is 12.4. The summed E-state index contributed by atoms with van der Waals surface area (Å²) in [5, 5.41) is 1.29. The van der Waals surface area contributed by atoms with Crippen LogP contribution in [0, 0.1) is 3.57 Å². The van der Waals surface area contributed by atoms with Crippen molar-refractivity contribution in [1.82, 2.24) is 10.4 Å². The Kier molecular flexibility index (Phi) is 9.72. The van der Waals surface area contributed by atoms with Crippen molar-refractivity contribution in [2.75, 3.05) is 6.54 Å². The van der Waals surface area contributed by atoms with Crippen LogP contribution in [0.3, 0.4) is 0 Å². The number of carbonyl (C=O) groups is 2. The zero-order chi connectivity index (χ0) is 26.5. The highest BCUT2D eigenvalue weighted by Gasteiger charge is 2.38. The highest BCUT2D eigenvalue weighted by Crippen LogP contribution is 2.38. The molecule has 1 heterocycles. The molecule has 2 aromatic rings. The number of hydrazine groups is 1. The molecular weight excluding hydrogens is 585 g/mol. The van der Waals surface area contributed by atoms with E-state index < -0.39 is 20.4 Å². The lowest BCUT2D eigenvalue weighted by Crippen LogP contribution is -2.59. The van der Waals surface area contributed by atoms with Crippen molar-refractivity contribution in [3.8, 4) is 0 Å². The van der Waals surface area contributed by atoms with Crippen molar-refractivity contribution in [3.05, 3.63) is 68.8 Å². The molecule has 1 aliphatic heterocycles. The molecule has 1 aliphatic rings. The van der Waals surface area contributed by atoms with Gasteiger partial charge in [0, 0.05) is 10.1 Å². The van der Waals surface area contributed by atoms with Crippen LogP contribution < -0.4 is 11.2 Å². The molecule has 2 aromatic carbocycles. The highest BCUT2D eigenvalue weighted by molar-refractivity contribution is 14.1. The molecule has 1 amide bonds. The molecule has 196 valence electrons. The van der Waals surface area contributed by atoms with Gasteiger partial charge in [-0.15, -0.1) is 0 Å². The molecule has 9 heteroatoms. The number of hydrogen-bond donors (Lipinski definition) is 3. The monoisotopic (exact) mass is 623 g/mol. The van der Waals surface area contributed by atoms with E-state index in [9.17, 15) is 14.4 Å². The third kappa shape index (κ3) is 7.85. The van der Waals surface area contributed by atoms with E-state index in [1.165, 1.54) is 5.01 Å². The maximum absolute atomic E-state index is 13.1. The quantitative estimate of drug-likeness (QED) is 0.222. The molecule has 3 rings (SSSR count). The van der Waals surface area contributed by atoms with Crippen molar-refractivity contribution in [2.24, 2.45) is 5.73 Å². The maximum atomic E-state index is 13.1. The first-order chi connectivity index (χ1) is 16.9. The Morgan fingerprint density at radius 1 is 1.19 bits per heavy atom. The lowest BCUT2D eigenvalue weighted by Gasteiger charge is -2.35. The Morgan fingerprint density at radius 3 is 2.56 bits per heavy atom. The number of amides is 1. The third-order valence-corrected chi connectivity index (χ3v) is 11.2. The summed E-state index contributed by atoms with van der Waals surface area (Å²) in [4.78, 5) is 36.4. The molecule has 36 heavy (non-hydrogen) atoms. The van der Waals surface area contributed by atoms with E-state index in [1.54, 1.807) is 0 Å². The maximum Gasteiger partial charge on any atom is 0.325 e. The summed E-state index contributed by atoms with van der Waals surface area (Å²) in [7, 11) is -2.33. The predicted octanol–water partition coefficient (Wildman–Crippen LogP) is 3.92. The van der Waals surface area contributed by atoms with Crippen molar-refractivity contribution in [1.29, 1.82) is 0 Å². The molecule has 0 bridgehead atoms. The number of esters is 1. The zero-order valence-corrected chi connectivity index (χ0v) is 24.7. The van der Waals surface area contributed by atoms with Gasteiger partial charge < -0.3 is 15.3 Å². The van der Waals surface area contributed by atoms with Crippen molar-refractivity contribution in [3.63, 3.8) is 0 Å². The third-order valence-electron chi connectivity index (χ3n) is 7.07. The SMILES string of the molecule is CC(C)(Cc1cccc(C[C@H](N)C(=O)N2CCC[C@@H](C(=O)OCc3cccc(I)c3)N2)c1)[Si](C)(C)O. The molecule has 1 saturated heterocycles. The van der Waals surface area contributed by atoms with Gasteiger partial charge in [0.15, 0.2) is 8.32 Å². The molecule has 0 aliphatic carbocycles. The molecule has 0 aromatic heterocycles. The number of nitrogens with zero attached hydrogens (tertiary/aromatic N) is 1. The molecule has 0 spiro atoms. The van der Waals surface area contributed by atoms with E-state index in [0.29, 0.717) is 25.8 Å². The summed E-state index contributed by atoms with van der Waals surface area (Å²) < 4.78 is 6.57. The summed E-state index contributed by atoms with van der Waals surface area (Å²) in [5.74, 6) is -0.606. The number of carbonyl (C=O) groups excluding carboxylic acids is 2. The van der Waals surface area contributed by atoms with Gasteiger partial charge in [-0.25, -0.2) is 5.43 Å². The van der Waals surface area contributed by atoms with Crippen LogP contribution in [-0.4, -0.2) is 48.6 Å². The van der Waals surface area contributed by atoms with Gasteiger partial charge in [-0.3, -0.25) is 14.6 Å². The molecule has 0 saturated carbocycles. The number of halogens is 1. The Morgan fingerprint density at radius 2 is 1.86 bits per heavy atom. The van der Waals surface area contributed by atoms with Crippen molar-refractivity contribution in [2.45, 2.75) is 76.4 Å². The van der Waals surface area contributed by atoms with Crippen molar-refractivity contribution < 1.29 is 19.1 Å². The Labute approximate surface area is 229 Å². The number of hydrogen-bond acceptors (Lipinski definition) is 6. The van der Waals surface area contributed by atoms with Gasteiger partial charge in [0.05, 0.1) is 6.04 Å². The summed E-state index contributed by atoms with van der Waals surface area (Å²) in [6.07, 6.45) is 2.46. The number of nitrogens with one attached hydrogen (secondary N) is 1. The second-order valence-electron chi connectivity index (χ2n) is 10.8. The van der Waals surface area contributed by atoms with Gasteiger partial charge >= 0.3 is 5.97 Å². The van der Waals surface area contributed by atoms with E-state index in [0.717, 1.165) is 26.7 Å². The summed E-state index contributed by atoms with van der Waals surface area (Å²) in [6, 6.07) is 14.6. The fourth-order valence-corrected chi connectivity index (χ4v) is 5.38. The van der Waals surface area contributed by atoms with Crippen LogP contribution in [0.15, 0.2) is 48.5 Å². The predicted molar refractivity (Wildman–Crippen MR) is 152 cm³/mol. The summed E-state index contributed by atoms with van der Waals surface area (Å²) >= 11 is 2.22. The lowest BCUT2D eigenvalue weighted by molar-refractivity contribution is -0.153. The van der Waals surface area contributed by atoms with Crippen LogP contribution in [-0.2, 0) is 33.8 Å². The smallest absolute Gasteiger partial charge is 0.325 e. The average molecular weight is 624 g/mol. The van der Waals surface area contributed by atoms with Crippen LogP contribution in [0.25, 0.3) is 0 Å². The molecule has 7 nitrogen and oxygen atoms in total. The van der Waals surface area contributed by atoms with Crippen LogP contribution in [0.1, 0.15) is 43.4 Å². The molecule has 2 atom stereocenters. The van der Waals surface area contributed by atoms with Gasteiger partial charge in [-0.2, -0.15) is 0 Å². The largest absolute Gasteiger partial charge is 0.460 e. The van der Waals surface area contributed by atoms with Crippen LogP contribution in [0.4, 0.5) is 0 Å². The van der Waals surface area contributed by atoms with E-state index in [1.807, 2.05) is 49.5 Å². The second kappa shape index (κ2) is 12.2. The van der Waals surface area contributed by atoms with Gasteiger partial charge in [-0.1, -0.05) is 50.2 Å². The van der Waals surface area contributed by atoms with Gasteiger partial charge in [0.2, 0.25) is 0 Å². The standard InChI is InChI=1S/C27H38IN3O4Si/c1-27(2,36(3,4)34)17-20-9-5-8-19(14-20)16-23(29)25(32)31-13-7-12-24(30-31)26(33)35-18-21-10-6-11-22(28)15-21/h5-6,8-11,14-15,23-24,30,34H,7,12-13,16-18,29H2,1-4H3/t23-,24-/m0/s1. The minimum Gasteiger partial charge on any atom is -0.460 e. The van der Waals surface area contributed by atoms with Gasteiger partial charge in [-0.05, 0) is 95.2 Å². The number of benzene rings is 2. The zero-order valence-electron chi connectivity index (χ0n) is 21.6. The fourth-order valence-electron chi connectivity index (χ4n) is 4.13. The van der Waals surface area contributed by atoms with E-state index in [2.05, 4.69) is 54.0 Å². The lowest BCUT2D eigenvalue weighted by atomic mass is 9.97. The molecular formula is C27H38IN3O4Si. The minimum absolute atomic E-state index is 0.177. The Balaban J connectivity index is 1.56. The van der Waals surface area contributed by atoms with Crippen LogP contribution in [0.5, 0.6) is 0 Å². The topological polar surface area (TPSA) is 105 Å². The Bertz CT molecular complexity index is 1070. The van der Waals surface area contributed by atoms with Crippen LogP contribution >= 0.6 is 22.6 Å². The van der Waals surface area contributed by atoms with Crippen molar-refractivity contribution >= 4 is 42.8 Å². The van der Waals surface area contributed by atoms with E-state index in [-0.39, 0.29) is 23.5 Å². The highest BCUT2D eigenvalue weighted by atomic mass is 127. The number of nitrogens with two attached hydrogens (primary N) is 1. The van der Waals surface area contributed by atoms with E-state index >= 15 is 0 Å². The van der Waals surface area contributed by atoms with E-state index in [4.69, 9.17) is 10.5 Å². The number of ether oxygens (including phenoxy) is 1. The molecule has 4 N–H and O–H groups in total. The fraction of sp³-hybridized carbons (Fsp3) is 0.481. The average Bonchev–Trinajstić information content (AvgIpc) is 2.81. The van der Waals surface area contributed by atoms with Crippen LogP contribution in [0.2, 0.25) is 18.1 Å². The molecule has 0 unspecified atom stereocenters. The molecule has 1 fully saturated rings. The minimum atomic E-state index is -2.33. The first-order valence-corrected chi connectivity index (χ1v) is 16.4. The van der Waals surface area contributed by atoms with Gasteiger partial charge in [0.1, 0.15) is 12.6 Å². The summed E-state index contributed by atoms with van der Waals surface area (Å²) in [6.45, 7) is 8.82. The summed E-state index contributed by atoms with van der Waals surface area (Å²) in [5.41, 5.74) is 12.4. The normalized spacial score (nSPS) is 17.5. The molecule has 0 radical (unpaired) electrons.